The number of halogens is 8. The van der Waals surface area contributed by atoms with E-state index in [0.717, 1.165) is 15.5 Å². The van der Waals surface area contributed by atoms with Crippen LogP contribution in [0.15, 0.2) is 53.5 Å². The van der Waals surface area contributed by atoms with Crippen LogP contribution >= 0.6 is 0 Å². The Morgan fingerprint density at radius 2 is 1.76 bits per heavy atom. The van der Waals surface area contributed by atoms with Crippen molar-refractivity contribution in [3.8, 4) is 11.1 Å². The van der Waals surface area contributed by atoms with Crippen LogP contribution in [0.4, 0.5) is 40.8 Å². The fourth-order valence-electron chi connectivity index (χ4n) is 5.94. The number of rotatable bonds is 8. The minimum atomic E-state index is -4.91. The highest BCUT2D eigenvalue weighted by molar-refractivity contribution is 5.99. The minimum absolute atomic E-state index is 0.0174. The zero-order chi connectivity index (χ0) is 36.7. The van der Waals surface area contributed by atoms with Gasteiger partial charge in [0, 0.05) is 48.5 Å². The summed E-state index contributed by atoms with van der Waals surface area (Å²) in [5, 5.41) is 12.1. The summed E-state index contributed by atoms with van der Waals surface area (Å²) < 4.78 is 118. The molecule has 266 valence electrons. The number of morpholine rings is 1. The van der Waals surface area contributed by atoms with E-state index in [1.54, 1.807) is 0 Å². The molecule has 0 bridgehead atoms. The van der Waals surface area contributed by atoms with Gasteiger partial charge in [-0.25, -0.2) is 13.6 Å². The van der Waals surface area contributed by atoms with Crippen LogP contribution in [-0.4, -0.2) is 64.6 Å². The molecule has 9 nitrogen and oxygen atoms in total. The Bertz CT molecular complexity index is 2010. The summed E-state index contributed by atoms with van der Waals surface area (Å²) >= 11 is 0. The highest BCUT2D eigenvalue weighted by Gasteiger charge is 2.38. The number of nitrogens with one attached hydrogen (secondary N) is 1. The molecule has 0 aliphatic carbocycles. The number of anilines is 1. The highest BCUT2D eigenvalue weighted by atomic mass is 19.4. The molecule has 0 saturated carbocycles. The van der Waals surface area contributed by atoms with Crippen molar-refractivity contribution >= 4 is 28.5 Å². The van der Waals surface area contributed by atoms with E-state index < -0.39 is 83.0 Å². The van der Waals surface area contributed by atoms with Crippen molar-refractivity contribution in [1.82, 2.24) is 14.9 Å². The summed E-state index contributed by atoms with van der Waals surface area (Å²) in [7, 11) is 1.30. The molecule has 1 aliphatic rings. The van der Waals surface area contributed by atoms with E-state index >= 15 is 8.78 Å². The Kier molecular flexibility index (Phi) is 9.92. The molecule has 2 aromatic carbocycles. The number of carbonyl (C=O) groups excluding carboxylic acids is 1. The van der Waals surface area contributed by atoms with Gasteiger partial charge in [-0.1, -0.05) is 18.2 Å². The number of fused-ring (bicyclic) bond motifs is 1. The Morgan fingerprint density at radius 1 is 1.08 bits per heavy atom. The molecule has 3 heterocycles. The molecule has 1 fully saturated rings. The summed E-state index contributed by atoms with van der Waals surface area (Å²) in [6.07, 6.45) is -10.1. The molecule has 2 N–H and O–H groups in total. The van der Waals surface area contributed by atoms with Crippen molar-refractivity contribution in [2.24, 2.45) is 7.05 Å². The van der Waals surface area contributed by atoms with E-state index in [2.05, 4.69) is 4.98 Å². The molecule has 2 aromatic heterocycles. The number of carboxylic acid groups (broad SMARTS) is 1. The number of ether oxygens (including phenoxy) is 1. The van der Waals surface area contributed by atoms with Gasteiger partial charge in [-0.05, 0) is 36.8 Å². The number of nitrogens with zero attached hydrogens (tertiary/aromatic N) is 3. The lowest BCUT2D eigenvalue weighted by atomic mass is 9.93. The number of amides is 1. The summed E-state index contributed by atoms with van der Waals surface area (Å²) in [5.41, 5.74) is -4.35. The van der Waals surface area contributed by atoms with Gasteiger partial charge in [-0.15, -0.1) is 0 Å². The Hall–Kier alpha value is -5.06. The molecule has 2 atom stereocenters. The standard InChI is InChI=1S/C33H28F8N4O5/c1-16-10-22(33(39,40)41)26(30(47)44(16)2)21-6-5-17(20-4-3-7-42-28(20)21)11-25(31(48)49)43-29(46)27-23(34)12-18(13-24(27)35)45-8-9-50-15-19(45)14-32(36,37)38/h3-7,10,12-13,19,25H,8-9,11,14-15H2,1-2H3,(H,43,46)(H,48,49)/t19-,25-/m0/s1. The number of aliphatic carboxylic acids is 1. The summed E-state index contributed by atoms with van der Waals surface area (Å²) in [6, 6.07) is 4.31. The van der Waals surface area contributed by atoms with Crippen LogP contribution in [0.2, 0.25) is 0 Å². The second-order valence-electron chi connectivity index (χ2n) is 11.7. The number of carboxylic acids is 1. The first-order valence-electron chi connectivity index (χ1n) is 15.0. The monoisotopic (exact) mass is 712 g/mol. The molecule has 1 amide bonds. The molecule has 0 spiro atoms. The van der Waals surface area contributed by atoms with Crippen LogP contribution < -0.4 is 15.8 Å². The Labute approximate surface area is 278 Å². The second kappa shape index (κ2) is 13.7. The molecule has 1 saturated heterocycles. The fraction of sp³-hybridized carbons (Fsp3) is 0.333. The average Bonchev–Trinajstić information content (AvgIpc) is 3.02. The number of aromatic nitrogens is 2. The van der Waals surface area contributed by atoms with Crippen LogP contribution in [0.5, 0.6) is 0 Å². The molecule has 5 rings (SSSR count). The molecular formula is C33H28F8N4O5. The van der Waals surface area contributed by atoms with Gasteiger partial charge in [0.25, 0.3) is 11.5 Å². The van der Waals surface area contributed by atoms with Crippen molar-refractivity contribution in [1.29, 1.82) is 0 Å². The average molecular weight is 713 g/mol. The van der Waals surface area contributed by atoms with Crippen molar-refractivity contribution in [2.45, 2.75) is 44.2 Å². The predicted octanol–water partition coefficient (Wildman–Crippen LogP) is 5.79. The number of alkyl halides is 6. The van der Waals surface area contributed by atoms with Crippen LogP contribution in [0.3, 0.4) is 0 Å². The largest absolute Gasteiger partial charge is 0.480 e. The number of pyridine rings is 2. The van der Waals surface area contributed by atoms with Crippen molar-refractivity contribution in [3.63, 3.8) is 0 Å². The fourth-order valence-corrected chi connectivity index (χ4v) is 5.94. The molecule has 1 aliphatic heterocycles. The first-order chi connectivity index (χ1) is 23.4. The molecule has 0 unspecified atom stereocenters. The molecule has 50 heavy (non-hydrogen) atoms. The molecular weight excluding hydrogens is 684 g/mol. The van der Waals surface area contributed by atoms with E-state index in [1.165, 1.54) is 44.4 Å². The SMILES string of the molecule is Cc1cc(C(F)(F)F)c(-c2ccc(C[C@H](NC(=O)c3c(F)cc(N4CCOC[C@@H]4CC(F)(F)F)cc3F)C(=O)O)c3cccnc23)c(=O)n1C. The third-order valence-corrected chi connectivity index (χ3v) is 8.41. The van der Waals surface area contributed by atoms with E-state index in [4.69, 9.17) is 4.74 Å². The lowest BCUT2D eigenvalue weighted by Crippen LogP contribution is -2.48. The Balaban J connectivity index is 1.47. The van der Waals surface area contributed by atoms with Gasteiger partial charge in [0.15, 0.2) is 0 Å². The smallest absolute Gasteiger partial charge is 0.417 e. The van der Waals surface area contributed by atoms with E-state index in [0.29, 0.717) is 12.1 Å². The predicted molar refractivity (Wildman–Crippen MR) is 164 cm³/mol. The van der Waals surface area contributed by atoms with Crippen LogP contribution in [0.1, 0.15) is 33.6 Å². The third-order valence-electron chi connectivity index (χ3n) is 8.41. The number of benzene rings is 2. The van der Waals surface area contributed by atoms with Gasteiger partial charge in [-0.2, -0.15) is 26.3 Å². The Morgan fingerprint density at radius 3 is 2.38 bits per heavy atom. The van der Waals surface area contributed by atoms with E-state index in [9.17, 15) is 45.8 Å². The maximum absolute atomic E-state index is 15.2. The van der Waals surface area contributed by atoms with Gasteiger partial charge in [0.05, 0.1) is 42.3 Å². The number of carbonyl (C=O) groups is 2. The first kappa shape index (κ1) is 36.2. The number of hydrogen-bond acceptors (Lipinski definition) is 6. The molecule has 17 heteroatoms. The number of hydrogen-bond donors (Lipinski definition) is 2. The third kappa shape index (κ3) is 7.41. The van der Waals surface area contributed by atoms with Gasteiger partial charge >= 0.3 is 18.3 Å². The van der Waals surface area contributed by atoms with Gasteiger partial charge in [-0.3, -0.25) is 14.6 Å². The first-order valence-corrected chi connectivity index (χ1v) is 15.0. The molecule has 4 aromatic rings. The zero-order valence-electron chi connectivity index (χ0n) is 26.3. The number of aryl methyl sites for hydroxylation is 1. The van der Waals surface area contributed by atoms with E-state index in [-0.39, 0.29) is 53.2 Å². The topological polar surface area (TPSA) is 114 Å². The van der Waals surface area contributed by atoms with Gasteiger partial charge in [0.1, 0.15) is 23.2 Å². The van der Waals surface area contributed by atoms with Crippen LogP contribution in [0, 0.1) is 18.6 Å². The molecule has 0 radical (unpaired) electrons. The van der Waals surface area contributed by atoms with E-state index in [1.807, 2.05) is 5.32 Å². The highest BCUT2D eigenvalue weighted by Crippen LogP contribution is 2.38. The van der Waals surface area contributed by atoms with Crippen molar-refractivity contribution in [2.75, 3.05) is 24.7 Å². The summed E-state index contributed by atoms with van der Waals surface area (Å²) in [5.74, 6) is -6.03. The maximum Gasteiger partial charge on any atom is 0.417 e. The summed E-state index contributed by atoms with van der Waals surface area (Å²) in [4.78, 5) is 43.7. The zero-order valence-corrected chi connectivity index (χ0v) is 26.3. The van der Waals surface area contributed by atoms with Crippen molar-refractivity contribution < 1.29 is 54.6 Å². The normalized spacial score (nSPS) is 16.0. The summed E-state index contributed by atoms with van der Waals surface area (Å²) in [6.45, 7) is 0.840. The quantitative estimate of drug-likeness (QED) is 0.223. The maximum atomic E-state index is 15.2. The lowest BCUT2D eigenvalue weighted by molar-refractivity contribution is -0.143. The lowest BCUT2D eigenvalue weighted by Gasteiger charge is -2.37. The minimum Gasteiger partial charge on any atom is -0.480 e. The van der Waals surface area contributed by atoms with Crippen LogP contribution in [0.25, 0.3) is 22.0 Å². The van der Waals surface area contributed by atoms with Gasteiger partial charge in [0.2, 0.25) is 0 Å². The van der Waals surface area contributed by atoms with Crippen LogP contribution in [-0.2, 0) is 29.2 Å². The van der Waals surface area contributed by atoms with Gasteiger partial charge < -0.3 is 24.6 Å². The van der Waals surface area contributed by atoms with Crippen molar-refractivity contribution in [3.05, 3.63) is 93.0 Å². The second-order valence-corrected chi connectivity index (χ2v) is 11.7.